The van der Waals surface area contributed by atoms with Crippen LogP contribution in [0.15, 0.2) is 29.1 Å². The Balaban J connectivity index is 2.11. The molecule has 1 heterocycles. The highest BCUT2D eigenvalue weighted by molar-refractivity contribution is 5.30. The number of nitrogens with zero attached hydrogens (tertiary/aromatic N) is 2. The minimum Gasteiger partial charge on any atom is -0.497 e. The van der Waals surface area contributed by atoms with Gasteiger partial charge in [-0.05, 0) is 31.0 Å². The van der Waals surface area contributed by atoms with E-state index >= 15 is 0 Å². The van der Waals surface area contributed by atoms with Crippen molar-refractivity contribution in [3.63, 3.8) is 0 Å². The Labute approximate surface area is 123 Å². The molecule has 0 saturated carbocycles. The number of H-pyrrole nitrogens is 1. The minimum atomic E-state index is -0.216. The third-order valence-electron chi connectivity index (χ3n) is 3.29. The van der Waals surface area contributed by atoms with Crippen molar-refractivity contribution < 1.29 is 4.74 Å². The van der Waals surface area contributed by atoms with Crippen molar-refractivity contribution in [3.8, 4) is 5.75 Å². The molecule has 1 unspecified atom stereocenters. The summed E-state index contributed by atoms with van der Waals surface area (Å²) in [6, 6.07) is 7.77. The van der Waals surface area contributed by atoms with Gasteiger partial charge in [0.05, 0.1) is 7.11 Å². The molecule has 1 atom stereocenters. The van der Waals surface area contributed by atoms with Crippen LogP contribution >= 0.6 is 0 Å². The van der Waals surface area contributed by atoms with Gasteiger partial charge < -0.3 is 10.1 Å². The van der Waals surface area contributed by atoms with E-state index in [0.717, 1.165) is 17.7 Å². The quantitative estimate of drug-likeness (QED) is 0.849. The number of anilines is 1. The highest BCUT2D eigenvalue weighted by Gasteiger charge is 2.07. The van der Waals surface area contributed by atoms with Crippen LogP contribution in [0, 0.1) is 0 Å². The van der Waals surface area contributed by atoms with E-state index in [1.807, 2.05) is 31.2 Å². The van der Waals surface area contributed by atoms with Crippen LogP contribution in [-0.4, -0.2) is 28.3 Å². The molecule has 0 radical (unpaired) electrons. The van der Waals surface area contributed by atoms with Crippen LogP contribution < -0.4 is 15.6 Å². The summed E-state index contributed by atoms with van der Waals surface area (Å²) in [5, 5.41) is 11.1. The smallest absolute Gasteiger partial charge is 0.274 e. The number of aromatic amines is 1. The topological polar surface area (TPSA) is 79.9 Å². The van der Waals surface area contributed by atoms with E-state index in [0.29, 0.717) is 18.1 Å². The molecule has 2 N–H and O–H groups in total. The van der Waals surface area contributed by atoms with Crippen molar-refractivity contribution in [2.24, 2.45) is 0 Å². The highest BCUT2D eigenvalue weighted by Crippen LogP contribution is 2.12. The van der Waals surface area contributed by atoms with Crippen molar-refractivity contribution in [2.45, 2.75) is 32.7 Å². The third-order valence-corrected chi connectivity index (χ3v) is 3.29. The fraction of sp³-hybridized carbons (Fsp3) is 0.400. The molecular formula is C15H20N4O2. The number of ether oxygens (including phenoxy) is 1. The fourth-order valence-electron chi connectivity index (χ4n) is 1.81. The van der Waals surface area contributed by atoms with Gasteiger partial charge in [-0.2, -0.15) is 0 Å². The Kier molecular flexibility index (Phi) is 4.92. The van der Waals surface area contributed by atoms with Gasteiger partial charge in [0.2, 0.25) is 5.95 Å². The molecule has 1 aromatic carbocycles. The van der Waals surface area contributed by atoms with E-state index in [2.05, 4.69) is 27.4 Å². The lowest BCUT2D eigenvalue weighted by Gasteiger charge is -2.10. The summed E-state index contributed by atoms with van der Waals surface area (Å²) in [7, 11) is 1.62. The summed E-state index contributed by atoms with van der Waals surface area (Å²) in [4.78, 5) is 14.7. The largest absolute Gasteiger partial charge is 0.497 e. The zero-order valence-corrected chi connectivity index (χ0v) is 12.5. The molecule has 2 rings (SSSR count). The summed E-state index contributed by atoms with van der Waals surface area (Å²) >= 11 is 0. The van der Waals surface area contributed by atoms with Crippen LogP contribution in [0.2, 0.25) is 0 Å². The van der Waals surface area contributed by atoms with Crippen LogP contribution in [0.3, 0.4) is 0 Å². The predicted octanol–water partition coefficient (Wildman–Crippen LogP) is 1.97. The molecule has 6 nitrogen and oxygen atoms in total. The molecule has 0 saturated heterocycles. The monoisotopic (exact) mass is 288 g/mol. The Morgan fingerprint density at radius 3 is 2.57 bits per heavy atom. The maximum absolute atomic E-state index is 12.0. The van der Waals surface area contributed by atoms with Crippen LogP contribution in [0.4, 0.5) is 5.95 Å². The van der Waals surface area contributed by atoms with Crippen LogP contribution in [0.25, 0.3) is 0 Å². The Bertz CT molecular complexity index is 637. The number of rotatable bonds is 6. The first-order chi connectivity index (χ1) is 10.1. The molecule has 0 aliphatic heterocycles. The van der Waals surface area contributed by atoms with Gasteiger partial charge in [0.25, 0.3) is 5.56 Å². The average molecular weight is 288 g/mol. The lowest BCUT2D eigenvalue weighted by atomic mass is 10.1. The van der Waals surface area contributed by atoms with Crippen LogP contribution in [0.5, 0.6) is 5.75 Å². The lowest BCUT2D eigenvalue weighted by Crippen LogP contribution is -2.23. The zero-order valence-electron chi connectivity index (χ0n) is 12.5. The van der Waals surface area contributed by atoms with E-state index in [1.54, 1.807) is 7.11 Å². The van der Waals surface area contributed by atoms with Crippen LogP contribution in [-0.2, 0) is 6.42 Å². The number of methoxy groups -OCH3 is 1. The second-order valence-corrected chi connectivity index (χ2v) is 4.93. The van der Waals surface area contributed by atoms with E-state index in [4.69, 9.17) is 4.74 Å². The molecular weight excluding hydrogens is 268 g/mol. The minimum absolute atomic E-state index is 0.216. The molecule has 0 amide bonds. The van der Waals surface area contributed by atoms with E-state index in [-0.39, 0.29) is 11.6 Å². The summed E-state index contributed by atoms with van der Waals surface area (Å²) < 4.78 is 5.10. The number of benzene rings is 1. The van der Waals surface area contributed by atoms with Gasteiger partial charge in [0, 0.05) is 12.5 Å². The SMILES string of the molecule is CCC(C)Nc1nnc(Cc2ccc(OC)cc2)c(=O)[nH]1. The standard InChI is InChI=1S/C15H20N4O2/c1-4-10(2)16-15-17-14(20)13(18-19-15)9-11-5-7-12(21-3)8-6-11/h5-8,10H,4,9H2,1-3H3,(H2,16,17,19,20). The maximum Gasteiger partial charge on any atom is 0.274 e. The highest BCUT2D eigenvalue weighted by atomic mass is 16.5. The van der Waals surface area contributed by atoms with Gasteiger partial charge in [0.15, 0.2) is 0 Å². The van der Waals surface area contributed by atoms with Crippen molar-refractivity contribution >= 4 is 5.95 Å². The predicted molar refractivity (Wildman–Crippen MR) is 81.8 cm³/mol. The Morgan fingerprint density at radius 2 is 2.00 bits per heavy atom. The number of aromatic nitrogens is 3. The average Bonchev–Trinajstić information content (AvgIpc) is 2.50. The van der Waals surface area contributed by atoms with E-state index < -0.39 is 0 Å². The van der Waals surface area contributed by atoms with Gasteiger partial charge in [-0.15, -0.1) is 10.2 Å². The first-order valence-corrected chi connectivity index (χ1v) is 6.97. The number of hydrogen-bond donors (Lipinski definition) is 2. The zero-order chi connectivity index (χ0) is 15.2. The number of hydrogen-bond acceptors (Lipinski definition) is 5. The fourth-order valence-corrected chi connectivity index (χ4v) is 1.81. The molecule has 6 heteroatoms. The van der Waals surface area contributed by atoms with Crippen molar-refractivity contribution in [1.82, 2.24) is 15.2 Å². The van der Waals surface area contributed by atoms with E-state index in [9.17, 15) is 4.79 Å². The van der Waals surface area contributed by atoms with Gasteiger partial charge in [0.1, 0.15) is 11.4 Å². The maximum atomic E-state index is 12.0. The van der Waals surface area contributed by atoms with Gasteiger partial charge >= 0.3 is 0 Å². The van der Waals surface area contributed by atoms with Gasteiger partial charge in [-0.3, -0.25) is 9.78 Å². The molecule has 112 valence electrons. The first kappa shape index (κ1) is 15.0. The molecule has 21 heavy (non-hydrogen) atoms. The molecule has 0 spiro atoms. The molecule has 0 bridgehead atoms. The van der Waals surface area contributed by atoms with Crippen molar-refractivity contribution in [1.29, 1.82) is 0 Å². The van der Waals surface area contributed by atoms with Gasteiger partial charge in [-0.25, -0.2) is 0 Å². The third kappa shape index (κ3) is 4.05. The molecule has 0 aliphatic rings. The Hall–Kier alpha value is -2.37. The van der Waals surface area contributed by atoms with E-state index in [1.165, 1.54) is 0 Å². The summed E-state index contributed by atoms with van der Waals surface area (Å²) in [5.74, 6) is 1.19. The second kappa shape index (κ2) is 6.88. The van der Waals surface area contributed by atoms with Crippen molar-refractivity contribution in [3.05, 3.63) is 45.9 Å². The van der Waals surface area contributed by atoms with Crippen LogP contribution in [0.1, 0.15) is 31.5 Å². The summed E-state index contributed by atoms with van der Waals surface area (Å²) in [6.07, 6.45) is 1.38. The normalized spacial score (nSPS) is 12.0. The number of nitrogens with one attached hydrogen (secondary N) is 2. The van der Waals surface area contributed by atoms with Crippen molar-refractivity contribution in [2.75, 3.05) is 12.4 Å². The summed E-state index contributed by atoms with van der Waals surface area (Å²) in [5.41, 5.74) is 1.17. The summed E-state index contributed by atoms with van der Waals surface area (Å²) in [6.45, 7) is 4.08. The molecule has 0 aliphatic carbocycles. The Morgan fingerprint density at radius 1 is 1.29 bits per heavy atom. The molecule has 1 aromatic heterocycles. The first-order valence-electron chi connectivity index (χ1n) is 6.97. The molecule has 0 fully saturated rings. The molecule has 2 aromatic rings. The second-order valence-electron chi connectivity index (χ2n) is 4.93. The lowest BCUT2D eigenvalue weighted by molar-refractivity contribution is 0.414. The van der Waals surface area contributed by atoms with Gasteiger partial charge in [-0.1, -0.05) is 19.1 Å².